The van der Waals surface area contributed by atoms with E-state index in [0.29, 0.717) is 24.4 Å². The maximum absolute atomic E-state index is 12.5. The highest BCUT2D eigenvalue weighted by Gasteiger charge is 2.22. The number of thiophene rings is 1. The number of piperazine rings is 1. The van der Waals surface area contributed by atoms with E-state index < -0.39 is 0 Å². The van der Waals surface area contributed by atoms with Crippen molar-refractivity contribution in [3.05, 3.63) is 76.5 Å². The van der Waals surface area contributed by atoms with Gasteiger partial charge in [-0.15, -0.1) is 11.3 Å². The van der Waals surface area contributed by atoms with Gasteiger partial charge < -0.3 is 19.9 Å². The van der Waals surface area contributed by atoms with Crippen molar-refractivity contribution < 1.29 is 14.3 Å². The van der Waals surface area contributed by atoms with Crippen LogP contribution < -0.4 is 20.3 Å². The molecule has 2 N–H and O–H groups in total. The van der Waals surface area contributed by atoms with E-state index in [9.17, 15) is 9.59 Å². The van der Waals surface area contributed by atoms with E-state index >= 15 is 0 Å². The molecule has 1 aromatic heterocycles. The Labute approximate surface area is 202 Å². The van der Waals surface area contributed by atoms with Gasteiger partial charge in [-0.3, -0.25) is 14.9 Å². The van der Waals surface area contributed by atoms with Crippen LogP contribution in [0.5, 0.6) is 5.75 Å². The highest BCUT2D eigenvalue weighted by molar-refractivity contribution is 7.80. The van der Waals surface area contributed by atoms with Gasteiger partial charge in [-0.2, -0.15) is 0 Å². The standard InChI is InChI=1S/C24H24N4O3S2/c1-31-20-5-2-4-17(16-20)22(29)26-24(32)25-18-7-9-19(10-8-18)27-11-13-28(14-12-27)23(30)21-6-3-15-33-21/h2-10,15-16H,11-14H2,1H3,(H2,25,26,29,32). The van der Waals surface area contributed by atoms with Crippen LogP contribution >= 0.6 is 23.6 Å². The van der Waals surface area contributed by atoms with Gasteiger partial charge in [-0.05, 0) is 66.1 Å². The lowest BCUT2D eigenvalue weighted by atomic mass is 10.2. The number of methoxy groups -OCH3 is 1. The Kier molecular flexibility index (Phi) is 7.21. The predicted molar refractivity (Wildman–Crippen MR) is 136 cm³/mol. The van der Waals surface area contributed by atoms with Gasteiger partial charge in [-0.25, -0.2) is 0 Å². The van der Waals surface area contributed by atoms with Crippen LogP contribution in [0.15, 0.2) is 66.0 Å². The molecule has 9 heteroatoms. The van der Waals surface area contributed by atoms with Gasteiger partial charge in [0.25, 0.3) is 11.8 Å². The van der Waals surface area contributed by atoms with E-state index in [1.165, 1.54) is 11.3 Å². The van der Waals surface area contributed by atoms with Crippen molar-refractivity contribution in [3.63, 3.8) is 0 Å². The Hall–Kier alpha value is -3.43. The van der Waals surface area contributed by atoms with Crippen LogP contribution in [0, 0.1) is 0 Å². The summed E-state index contributed by atoms with van der Waals surface area (Å²) in [5.41, 5.74) is 2.32. The molecule has 170 valence electrons. The van der Waals surface area contributed by atoms with Gasteiger partial charge in [0.05, 0.1) is 12.0 Å². The van der Waals surface area contributed by atoms with E-state index in [-0.39, 0.29) is 16.9 Å². The summed E-state index contributed by atoms with van der Waals surface area (Å²) in [7, 11) is 1.55. The second-order valence-electron chi connectivity index (χ2n) is 7.44. The first-order chi connectivity index (χ1) is 16.0. The molecule has 1 aliphatic rings. The van der Waals surface area contributed by atoms with Crippen molar-refractivity contribution in [1.29, 1.82) is 0 Å². The zero-order valence-electron chi connectivity index (χ0n) is 18.1. The van der Waals surface area contributed by atoms with Gasteiger partial charge in [0.1, 0.15) is 5.75 Å². The summed E-state index contributed by atoms with van der Waals surface area (Å²) in [6, 6.07) is 18.5. The molecule has 2 amide bonds. The number of rotatable bonds is 5. The van der Waals surface area contributed by atoms with Crippen LogP contribution in [0.3, 0.4) is 0 Å². The first kappa shape index (κ1) is 22.8. The second-order valence-corrected chi connectivity index (χ2v) is 8.80. The summed E-state index contributed by atoms with van der Waals surface area (Å²) in [4.78, 5) is 29.9. The lowest BCUT2D eigenvalue weighted by molar-refractivity contribution is 0.0751. The van der Waals surface area contributed by atoms with Gasteiger partial charge in [-0.1, -0.05) is 12.1 Å². The maximum Gasteiger partial charge on any atom is 0.264 e. The smallest absolute Gasteiger partial charge is 0.264 e. The summed E-state index contributed by atoms with van der Waals surface area (Å²) in [5.74, 6) is 0.403. The Balaban J connectivity index is 1.28. The number of ether oxygens (including phenoxy) is 1. The Morgan fingerprint density at radius 1 is 1.00 bits per heavy atom. The molecule has 2 aromatic carbocycles. The second kappa shape index (κ2) is 10.5. The van der Waals surface area contributed by atoms with Crippen molar-refractivity contribution >= 4 is 51.9 Å². The van der Waals surface area contributed by atoms with Crippen LogP contribution in [0.2, 0.25) is 0 Å². The summed E-state index contributed by atoms with van der Waals surface area (Å²) >= 11 is 6.76. The molecule has 0 saturated carbocycles. The first-order valence-electron chi connectivity index (χ1n) is 10.5. The molecule has 3 aromatic rings. The number of carbonyl (C=O) groups is 2. The van der Waals surface area contributed by atoms with Crippen molar-refractivity contribution in [2.24, 2.45) is 0 Å². The lowest BCUT2D eigenvalue weighted by Crippen LogP contribution is -2.48. The predicted octanol–water partition coefficient (Wildman–Crippen LogP) is 3.85. The zero-order valence-corrected chi connectivity index (χ0v) is 19.7. The Morgan fingerprint density at radius 2 is 1.76 bits per heavy atom. The number of hydrogen-bond acceptors (Lipinski definition) is 6. The van der Waals surface area contributed by atoms with Gasteiger partial charge in [0.2, 0.25) is 0 Å². The quantitative estimate of drug-likeness (QED) is 0.541. The third-order valence-electron chi connectivity index (χ3n) is 5.35. The Bertz CT molecular complexity index is 1120. The number of amides is 2. The molecule has 0 atom stereocenters. The third-order valence-corrected chi connectivity index (χ3v) is 6.41. The van der Waals surface area contributed by atoms with E-state index in [2.05, 4.69) is 15.5 Å². The van der Waals surface area contributed by atoms with Crippen LogP contribution in [0.25, 0.3) is 0 Å². The molecular formula is C24H24N4O3S2. The zero-order chi connectivity index (χ0) is 23.2. The highest BCUT2D eigenvalue weighted by atomic mass is 32.1. The van der Waals surface area contributed by atoms with Gasteiger partial charge in [0.15, 0.2) is 5.11 Å². The average Bonchev–Trinajstić information content (AvgIpc) is 3.39. The SMILES string of the molecule is COc1cccc(C(=O)NC(=S)Nc2ccc(N3CCN(C(=O)c4cccs4)CC3)cc2)c1. The van der Waals surface area contributed by atoms with E-state index in [1.807, 2.05) is 46.7 Å². The van der Waals surface area contributed by atoms with Crippen molar-refractivity contribution in [3.8, 4) is 5.75 Å². The van der Waals surface area contributed by atoms with E-state index in [1.54, 1.807) is 31.4 Å². The summed E-state index contributed by atoms with van der Waals surface area (Å²) in [6.45, 7) is 2.94. The average molecular weight is 481 g/mol. The molecule has 0 aliphatic carbocycles. The Morgan fingerprint density at radius 3 is 2.42 bits per heavy atom. The van der Waals surface area contributed by atoms with Crippen molar-refractivity contribution in [2.45, 2.75) is 0 Å². The number of thiocarbonyl (C=S) groups is 1. The lowest BCUT2D eigenvalue weighted by Gasteiger charge is -2.36. The largest absolute Gasteiger partial charge is 0.497 e. The fourth-order valence-corrected chi connectivity index (χ4v) is 4.48. The van der Waals surface area contributed by atoms with Crippen molar-refractivity contribution in [1.82, 2.24) is 10.2 Å². The van der Waals surface area contributed by atoms with Crippen LogP contribution in [-0.2, 0) is 0 Å². The fourth-order valence-electron chi connectivity index (χ4n) is 3.58. The van der Waals surface area contributed by atoms with Gasteiger partial charge >= 0.3 is 0 Å². The van der Waals surface area contributed by atoms with E-state index in [4.69, 9.17) is 17.0 Å². The maximum atomic E-state index is 12.5. The first-order valence-corrected chi connectivity index (χ1v) is 11.8. The monoisotopic (exact) mass is 480 g/mol. The van der Waals surface area contributed by atoms with Crippen molar-refractivity contribution in [2.75, 3.05) is 43.5 Å². The summed E-state index contributed by atoms with van der Waals surface area (Å²) in [5, 5.41) is 7.86. The molecule has 7 nitrogen and oxygen atoms in total. The molecule has 2 heterocycles. The molecule has 0 radical (unpaired) electrons. The number of hydrogen-bond donors (Lipinski definition) is 2. The molecule has 1 aliphatic heterocycles. The topological polar surface area (TPSA) is 73.9 Å². The molecule has 0 spiro atoms. The fraction of sp³-hybridized carbons (Fsp3) is 0.208. The molecule has 0 unspecified atom stereocenters. The van der Waals surface area contributed by atoms with Crippen LogP contribution in [0.1, 0.15) is 20.0 Å². The molecule has 1 fully saturated rings. The molecule has 0 bridgehead atoms. The minimum absolute atomic E-state index is 0.105. The van der Waals surface area contributed by atoms with Crippen LogP contribution in [-0.4, -0.2) is 55.1 Å². The number of benzene rings is 2. The van der Waals surface area contributed by atoms with Gasteiger partial charge in [0, 0.05) is 43.1 Å². The highest BCUT2D eigenvalue weighted by Crippen LogP contribution is 2.21. The molecule has 33 heavy (non-hydrogen) atoms. The number of anilines is 2. The third kappa shape index (κ3) is 5.68. The molecular weight excluding hydrogens is 456 g/mol. The molecule has 1 saturated heterocycles. The minimum Gasteiger partial charge on any atom is -0.497 e. The van der Waals surface area contributed by atoms with Crippen LogP contribution in [0.4, 0.5) is 11.4 Å². The number of nitrogens with zero attached hydrogens (tertiary/aromatic N) is 2. The summed E-state index contributed by atoms with van der Waals surface area (Å²) < 4.78 is 5.15. The number of nitrogens with one attached hydrogen (secondary N) is 2. The van der Waals surface area contributed by atoms with E-state index in [0.717, 1.165) is 29.3 Å². The normalized spacial score (nSPS) is 13.4. The molecule has 4 rings (SSSR count). The number of carbonyl (C=O) groups excluding carboxylic acids is 2. The summed E-state index contributed by atoms with van der Waals surface area (Å²) in [6.07, 6.45) is 0. The minimum atomic E-state index is -0.307.